The monoisotopic (exact) mass is 284 g/mol. The van der Waals surface area contributed by atoms with Gasteiger partial charge in [-0.3, -0.25) is 4.90 Å². The summed E-state index contributed by atoms with van der Waals surface area (Å²) in [5.41, 5.74) is -0.108. The zero-order chi connectivity index (χ0) is 14.2. The maximum Gasteiger partial charge on any atom is 0.0940 e. The van der Waals surface area contributed by atoms with E-state index < -0.39 is 0 Å². The van der Waals surface area contributed by atoms with Crippen molar-refractivity contribution in [1.82, 2.24) is 9.80 Å². The molecule has 3 heterocycles. The molecule has 4 atom stereocenters. The van der Waals surface area contributed by atoms with Crippen molar-refractivity contribution in [3.05, 3.63) is 0 Å². The highest BCUT2D eigenvalue weighted by atomic mass is 16.6. The van der Waals surface area contributed by atoms with Crippen LogP contribution in [0.3, 0.4) is 0 Å². The minimum atomic E-state index is -0.260. The number of nitrogens with zero attached hydrogens (tertiary/aromatic N) is 2. The molecule has 20 heavy (non-hydrogen) atoms. The number of hydrogen-bond acceptors (Lipinski definition) is 5. The van der Waals surface area contributed by atoms with E-state index in [1.807, 2.05) is 0 Å². The van der Waals surface area contributed by atoms with Crippen LogP contribution in [0.1, 0.15) is 19.3 Å². The minimum Gasteiger partial charge on any atom is -0.391 e. The summed E-state index contributed by atoms with van der Waals surface area (Å²) in [6.07, 6.45) is 2.64. The van der Waals surface area contributed by atoms with Gasteiger partial charge < -0.3 is 19.5 Å². The molecule has 0 aromatic rings. The lowest BCUT2D eigenvalue weighted by Gasteiger charge is -2.45. The molecule has 0 aromatic heterocycles. The van der Waals surface area contributed by atoms with Crippen LogP contribution in [0.4, 0.5) is 0 Å². The highest BCUT2D eigenvalue weighted by Crippen LogP contribution is 2.38. The summed E-state index contributed by atoms with van der Waals surface area (Å²) in [6.45, 7) is 5.35. The van der Waals surface area contributed by atoms with Crippen LogP contribution in [0.15, 0.2) is 0 Å². The highest BCUT2D eigenvalue weighted by molar-refractivity contribution is 4.96. The summed E-state index contributed by atoms with van der Waals surface area (Å²) in [7, 11) is 4.28. The van der Waals surface area contributed by atoms with Crippen molar-refractivity contribution in [3.63, 3.8) is 0 Å². The van der Waals surface area contributed by atoms with Crippen LogP contribution in [-0.4, -0.2) is 86.2 Å². The van der Waals surface area contributed by atoms with Crippen LogP contribution in [0.25, 0.3) is 0 Å². The summed E-state index contributed by atoms with van der Waals surface area (Å²) in [5, 5.41) is 10.9. The summed E-state index contributed by atoms with van der Waals surface area (Å²) in [4.78, 5) is 4.64. The molecule has 1 spiro atoms. The molecule has 3 rings (SSSR count). The van der Waals surface area contributed by atoms with Gasteiger partial charge in [0, 0.05) is 45.3 Å². The summed E-state index contributed by atoms with van der Waals surface area (Å²) >= 11 is 0. The van der Waals surface area contributed by atoms with Gasteiger partial charge in [-0.25, -0.2) is 0 Å². The molecular weight excluding hydrogens is 256 g/mol. The minimum absolute atomic E-state index is 0.108. The standard InChI is InChI=1S/C15H28N2O3/c1-16-5-6-17(2)13(10-16)14(18)12-3-7-20-15(9-12)4-8-19-11-15/h12-14,18H,3-11H2,1-2H3. The Bertz CT molecular complexity index is 333. The smallest absolute Gasteiger partial charge is 0.0940 e. The highest BCUT2D eigenvalue weighted by Gasteiger charge is 2.45. The lowest BCUT2D eigenvalue weighted by atomic mass is 9.79. The van der Waals surface area contributed by atoms with Gasteiger partial charge in [-0.1, -0.05) is 0 Å². The van der Waals surface area contributed by atoms with Crippen LogP contribution in [0, 0.1) is 5.92 Å². The Morgan fingerprint density at radius 1 is 1.25 bits per heavy atom. The fraction of sp³-hybridized carbons (Fsp3) is 1.00. The average Bonchev–Trinajstić information content (AvgIpc) is 2.88. The third-order valence-electron chi connectivity index (χ3n) is 5.37. The van der Waals surface area contributed by atoms with E-state index in [4.69, 9.17) is 9.47 Å². The first-order valence-corrected chi connectivity index (χ1v) is 7.88. The van der Waals surface area contributed by atoms with Gasteiger partial charge in [-0.15, -0.1) is 0 Å². The third kappa shape index (κ3) is 2.88. The molecular formula is C15H28N2O3. The first-order chi connectivity index (χ1) is 9.60. The van der Waals surface area contributed by atoms with Crippen LogP contribution < -0.4 is 0 Å². The number of likely N-dealkylation sites (N-methyl/N-ethyl adjacent to an activating group) is 2. The van der Waals surface area contributed by atoms with Gasteiger partial charge in [0.25, 0.3) is 0 Å². The van der Waals surface area contributed by atoms with E-state index in [-0.39, 0.29) is 17.7 Å². The van der Waals surface area contributed by atoms with E-state index >= 15 is 0 Å². The predicted molar refractivity (Wildman–Crippen MR) is 76.8 cm³/mol. The molecule has 0 radical (unpaired) electrons. The maximum absolute atomic E-state index is 10.9. The van der Waals surface area contributed by atoms with E-state index in [1.165, 1.54) is 0 Å². The van der Waals surface area contributed by atoms with Crippen molar-refractivity contribution in [3.8, 4) is 0 Å². The topological polar surface area (TPSA) is 45.2 Å². The van der Waals surface area contributed by atoms with Gasteiger partial charge >= 0.3 is 0 Å². The molecule has 0 aromatic carbocycles. The molecule has 3 aliphatic rings. The fourth-order valence-corrected chi connectivity index (χ4v) is 3.95. The molecule has 5 nitrogen and oxygen atoms in total. The molecule has 0 amide bonds. The Kier molecular flexibility index (Phi) is 4.34. The van der Waals surface area contributed by atoms with Gasteiger partial charge in [-0.2, -0.15) is 0 Å². The first-order valence-electron chi connectivity index (χ1n) is 7.88. The predicted octanol–water partition coefficient (Wildman–Crippen LogP) is 0.179. The van der Waals surface area contributed by atoms with Crippen molar-refractivity contribution in [1.29, 1.82) is 0 Å². The van der Waals surface area contributed by atoms with Crippen molar-refractivity contribution in [2.24, 2.45) is 5.92 Å². The van der Waals surface area contributed by atoms with E-state index in [0.29, 0.717) is 12.5 Å². The zero-order valence-corrected chi connectivity index (χ0v) is 12.8. The van der Waals surface area contributed by atoms with Crippen LogP contribution in [0.5, 0.6) is 0 Å². The summed E-state index contributed by atoms with van der Waals surface area (Å²) in [6, 6.07) is 0.247. The summed E-state index contributed by atoms with van der Waals surface area (Å²) < 4.78 is 11.5. The number of ether oxygens (including phenoxy) is 2. The second-order valence-electron chi connectivity index (χ2n) is 6.89. The lowest BCUT2D eigenvalue weighted by Crippen LogP contribution is -2.58. The largest absolute Gasteiger partial charge is 0.391 e. The zero-order valence-electron chi connectivity index (χ0n) is 12.8. The van der Waals surface area contributed by atoms with Crippen molar-refractivity contribution < 1.29 is 14.6 Å². The molecule has 3 saturated heterocycles. The van der Waals surface area contributed by atoms with Gasteiger partial charge in [0.2, 0.25) is 0 Å². The number of aliphatic hydroxyl groups is 1. The Labute approximate surface area is 121 Å². The number of hydrogen-bond donors (Lipinski definition) is 1. The third-order valence-corrected chi connectivity index (χ3v) is 5.37. The quantitative estimate of drug-likeness (QED) is 0.784. The fourth-order valence-electron chi connectivity index (χ4n) is 3.95. The van der Waals surface area contributed by atoms with Crippen molar-refractivity contribution >= 4 is 0 Å². The Hall–Kier alpha value is -0.200. The molecule has 0 bridgehead atoms. The van der Waals surface area contributed by atoms with Crippen LogP contribution in [0.2, 0.25) is 0 Å². The number of aliphatic hydroxyl groups excluding tert-OH is 1. The van der Waals surface area contributed by atoms with E-state index in [1.54, 1.807) is 0 Å². The first kappa shape index (κ1) is 14.7. The SMILES string of the molecule is CN1CCN(C)C(C(O)C2CCOC3(CCOC3)C2)C1. The average molecular weight is 284 g/mol. The van der Waals surface area contributed by atoms with Crippen LogP contribution in [-0.2, 0) is 9.47 Å². The second-order valence-corrected chi connectivity index (χ2v) is 6.89. The summed E-state index contributed by atoms with van der Waals surface area (Å²) in [5.74, 6) is 0.337. The Morgan fingerprint density at radius 3 is 2.85 bits per heavy atom. The molecule has 0 saturated carbocycles. The number of rotatable bonds is 2. The molecule has 1 N–H and O–H groups in total. The lowest BCUT2D eigenvalue weighted by molar-refractivity contribution is -0.128. The van der Waals surface area contributed by atoms with Gasteiger partial charge in [0.15, 0.2) is 0 Å². The molecule has 5 heteroatoms. The molecule has 0 aliphatic carbocycles. The van der Waals surface area contributed by atoms with Crippen LogP contribution >= 0.6 is 0 Å². The van der Waals surface area contributed by atoms with E-state index in [2.05, 4.69) is 23.9 Å². The van der Waals surface area contributed by atoms with Gasteiger partial charge in [-0.05, 0) is 32.9 Å². The molecule has 4 unspecified atom stereocenters. The van der Waals surface area contributed by atoms with Crippen molar-refractivity contribution in [2.45, 2.75) is 37.0 Å². The van der Waals surface area contributed by atoms with E-state index in [0.717, 1.165) is 52.1 Å². The van der Waals surface area contributed by atoms with Crippen molar-refractivity contribution in [2.75, 3.05) is 53.6 Å². The second kappa shape index (κ2) is 5.89. The molecule has 116 valence electrons. The molecule has 3 fully saturated rings. The van der Waals surface area contributed by atoms with Gasteiger partial charge in [0.1, 0.15) is 0 Å². The maximum atomic E-state index is 10.9. The Balaban J connectivity index is 1.65. The normalized spacial score (nSPS) is 42.1. The number of piperazine rings is 1. The van der Waals surface area contributed by atoms with E-state index in [9.17, 15) is 5.11 Å². The van der Waals surface area contributed by atoms with Gasteiger partial charge in [0.05, 0.1) is 18.3 Å². The molecule has 3 aliphatic heterocycles. The Morgan fingerprint density at radius 2 is 2.10 bits per heavy atom.